The van der Waals surface area contributed by atoms with Crippen LogP contribution in [0.25, 0.3) is 0 Å². The second-order valence-electron chi connectivity index (χ2n) is 16.1. The molecule has 3 aliphatic carbocycles. The minimum Gasteiger partial charge on any atom is -0.334 e. The number of pyridine rings is 2. The van der Waals surface area contributed by atoms with Gasteiger partial charge in [-0.25, -0.2) is 26.4 Å². The van der Waals surface area contributed by atoms with E-state index in [4.69, 9.17) is 16.4 Å². The molecule has 62 heavy (non-hydrogen) atoms. The van der Waals surface area contributed by atoms with Crippen LogP contribution in [-0.4, -0.2) is 56.4 Å². The smallest absolute Gasteiger partial charge is 0.319 e. The molecule has 2 unspecified atom stereocenters. The van der Waals surface area contributed by atoms with Crippen LogP contribution >= 0.6 is 10.7 Å². The van der Waals surface area contributed by atoms with Crippen molar-refractivity contribution in [1.82, 2.24) is 20.6 Å². The van der Waals surface area contributed by atoms with Gasteiger partial charge < -0.3 is 27.0 Å². The van der Waals surface area contributed by atoms with Crippen LogP contribution < -0.4 is 27.0 Å². The summed E-state index contributed by atoms with van der Waals surface area (Å²) in [6.07, 6.45) is 17.8. The first-order chi connectivity index (χ1) is 29.5. The van der Waals surface area contributed by atoms with Gasteiger partial charge >= 0.3 is 12.1 Å². The number of aromatic nitrogens is 2. The van der Waals surface area contributed by atoms with Gasteiger partial charge in [-0.2, -0.15) is 0 Å². The summed E-state index contributed by atoms with van der Waals surface area (Å²) in [5.41, 5.74) is 8.48. The molecular formula is C45H60ClN7O7S2. The molecule has 2 aromatic heterocycles. The summed E-state index contributed by atoms with van der Waals surface area (Å²) >= 11 is 0. The molecule has 0 aliphatic heterocycles. The van der Waals surface area contributed by atoms with Crippen molar-refractivity contribution in [2.75, 3.05) is 16.4 Å². The minimum absolute atomic E-state index is 0.0214. The fourth-order valence-electron chi connectivity index (χ4n) is 6.53. The third-order valence-electron chi connectivity index (χ3n) is 11.3. The molecule has 336 valence electrons. The van der Waals surface area contributed by atoms with Crippen LogP contribution in [0.15, 0.2) is 107 Å². The molecule has 2 atom stereocenters. The lowest BCUT2D eigenvalue weighted by Gasteiger charge is -2.31. The largest absolute Gasteiger partial charge is 0.334 e. The van der Waals surface area contributed by atoms with Crippen molar-refractivity contribution < 1.29 is 31.2 Å². The summed E-state index contributed by atoms with van der Waals surface area (Å²) in [5, 5.41) is 10.7. The average molecular weight is 911 g/mol. The van der Waals surface area contributed by atoms with Crippen molar-refractivity contribution in [3.8, 4) is 0 Å². The maximum absolute atomic E-state index is 12.6. The Morgan fingerprint density at radius 3 is 1.34 bits per heavy atom. The summed E-state index contributed by atoms with van der Waals surface area (Å²) in [4.78, 5) is 42.2. The number of anilines is 2. The second kappa shape index (κ2) is 24.7. The number of hydrogen-bond acceptors (Lipinski definition) is 10. The molecule has 0 bridgehead atoms. The Kier molecular flexibility index (Phi) is 19.8. The van der Waals surface area contributed by atoms with E-state index < -0.39 is 24.9 Å². The molecule has 4 amide bonds. The van der Waals surface area contributed by atoms with Crippen LogP contribution in [0.5, 0.6) is 0 Å². The SMILES string of the molecule is CC(=O)C1CCC1.CC(CS(=O)(=O)c1ccc(NC(=O)NCc2ccncc2)cc1)C1CCC1.CC(N)C1CCC1.O=C(NCc1ccncc1)Nc1ccc(S(=O)(=O)Cl)cc1. The van der Waals surface area contributed by atoms with Crippen LogP contribution in [-0.2, 0) is 36.8 Å². The lowest BCUT2D eigenvalue weighted by atomic mass is 9.77. The topological polar surface area (TPSA) is 219 Å². The number of Topliss-reactive ketones (excluding diaryl/α,β-unsaturated/α-hetero) is 1. The number of nitrogens with one attached hydrogen (secondary N) is 4. The van der Waals surface area contributed by atoms with E-state index in [2.05, 4.69) is 38.2 Å². The Labute approximate surface area is 371 Å². The molecule has 0 radical (unpaired) electrons. The molecule has 3 saturated carbocycles. The van der Waals surface area contributed by atoms with Gasteiger partial charge in [0.2, 0.25) is 0 Å². The zero-order chi connectivity index (χ0) is 45.1. The van der Waals surface area contributed by atoms with E-state index in [0.29, 0.717) is 53.0 Å². The maximum atomic E-state index is 12.6. The van der Waals surface area contributed by atoms with E-state index >= 15 is 0 Å². The second-order valence-corrected chi connectivity index (χ2v) is 20.7. The third kappa shape index (κ3) is 17.5. The monoisotopic (exact) mass is 909 g/mol. The van der Waals surface area contributed by atoms with Gasteiger partial charge in [0.25, 0.3) is 9.05 Å². The quantitative estimate of drug-likeness (QED) is 0.0806. The van der Waals surface area contributed by atoms with Gasteiger partial charge in [0, 0.05) is 71.9 Å². The molecule has 2 aromatic carbocycles. The summed E-state index contributed by atoms with van der Waals surface area (Å²) in [7, 11) is -1.86. The number of ketones is 1. The summed E-state index contributed by atoms with van der Waals surface area (Å²) in [5.74, 6) is 2.58. The van der Waals surface area contributed by atoms with Gasteiger partial charge in [0.15, 0.2) is 9.84 Å². The summed E-state index contributed by atoms with van der Waals surface area (Å²) in [6, 6.07) is 18.9. The Bertz CT molecular complexity index is 2220. The van der Waals surface area contributed by atoms with Crippen LogP contribution in [0, 0.1) is 23.7 Å². The minimum atomic E-state index is -3.76. The van der Waals surface area contributed by atoms with Gasteiger partial charge in [0.05, 0.1) is 15.5 Å². The van der Waals surface area contributed by atoms with Crippen molar-refractivity contribution in [3.05, 3.63) is 109 Å². The first-order valence-electron chi connectivity index (χ1n) is 21.0. The number of nitrogens with zero attached hydrogens (tertiary/aromatic N) is 2. The normalized spacial score (nSPS) is 15.9. The number of halogens is 1. The van der Waals surface area contributed by atoms with E-state index in [0.717, 1.165) is 42.7 Å². The number of hydrogen-bond donors (Lipinski definition) is 5. The fourth-order valence-corrected chi connectivity index (χ4v) is 9.01. The van der Waals surface area contributed by atoms with Gasteiger partial charge in [-0.15, -0.1) is 0 Å². The maximum Gasteiger partial charge on any atom is 0.319 e. The number of urea groups is 2. The van der Waals surface area contributed by atoms with Gasteiger partial charge in [0.1, 0.15) is 5.78 Å². The highest BCUT2D eigenvalue weighted by molar-refractivity contribution is 8.13. The number of sulfone groups is 1. The number of carbonyl (C=O) groups excluding carboxylic acids is 3. The molecule has 3 aliphatic rings. The van der Waals surface area contributed by atoms with Gasteiger partial charge in [-0.1, -0.05) is 39.0 Å². The standard InChI is InChI=1S/C20H25N3O3S.C13H12ClN3O3S.C6H13N.C6H10O/c1-15(17-3-2-4-17)14-27(25,26)19-7-5-18(6-8-19)23-20(24)22-13-16-9-11-21-12-10-16;14-21(19,20)12-3-1-11(2-4-12)17-13(18)16-9-10-5-7-15-8-6-10;2*1-5(7)6-3-2-4-6/h5-12,15,17H,2-4,13-14H2,1H3,(H2,22,23,24);1-8H,9H2,(H2,16,17,18);5-6H,2-4,7H2,1H3;6H,2-4H2,1H3. The van der Waals surface area contributed by atoms with Crippen LogP contribution in [0.3, 0.4) is 0 Å². The van der Waals surface area contributed by atoms with E-state index in [-0.39, 0.29) is 22.6 Å². The van der Waals surface area contributed by atoms with E-state index in [1.165, 1.54) is 56.4 Å². The predicted molar refractivity (Wildman–Crippen MR) is 244 cm³/mol. The highest BCUT2D eigenvalue weighted by atomic mass is 35.7. The van der Waals surface area contributed by atoms with Crippen molar-refractivity contribution in [2.45, 2.75) is 107 Å². The Morgan fingerprint density at radius 1 is 0.645 bits per heavy atom. The van der Waals surface area contributed by atoms with Gasteiger partial charge in [-0.05, 0) is 141 Å². The number of benzene rings is 2. The lowest BCUT2D eigenvalue weighted by Crippen LogP contribution is -2.31. The van der Waals surface area contributed by atoms with E-state index in [1.54, 1.807) is 68.1 Å². The summed E-state index contributed by atoms with van der Waals surface area (Å²) in [6.45, 7) is 6.56. The Morgan fingerprint density at radius 2 is 1.05 bits per heavy atom. The molecule has 3 fully saturated rings. The number of nitrogens with two attached hydrogens (primary N) is 1. The third-order valence-corrected chi connectivity index (χ3v) is 14.6. The predicted octanol–water partition coefficient (Wildman–Crippen LogP) is 8.45. The first-order valence-corrected chi connectivity index (χ1v) is 25.0. The zero-order valence-corrected chi connectivity index (χ0v) is 38.0. The molecule has 0 spiro atoms. The molecule has 14 nitrogen and oxygen atoms in total. The molecule has 4 aromatic rings. The summed E-state index contributed by atoms with van der Waals surface area (Å²) < 4.78 is 47.3. The molecular weight excluding hydrogens is 850 g/mol. The number of carbonyl (C=O) groups is 3. The van der Waals surface area contributed by atoms with Crippen LogP contribution in [0.1, 0.15) is 89.7 Å². The number of amides is 4. The van der Waals surface area contributed by atoms with Crippen molar-refractivity contribution in [1.29, 1.82) is 0 Å². The average Bonchev–Trinajstić information content (AvgIpc) is 3.15. The molecule has 2 heterocycles. The number of rotatable bonds is 13. The van der Waals surface area contributed by atoms with Gasteiger partial charge in [-0.3, -0.25) is 14.8 Å². The van der Waals surface area contributed by atoms with Crippen molar-refractivity contribution in [2.24, 2.45) is 29.4 Å². The highest BCUT2D eigenvalue weighted by Gasteiger charge is 2.28. The molecule has 6 N–H and O–H groups in total. The van der Waals surface area contributed by atoms with E-state index in [1.807, 2.05) is 19.1 Å². The zero-order valence-electron chi connectivity index (χ0n) is 35.6. The first kappa shape index (κ1) is 49.8. The molecule has 0 saturated heterocycles. The van der Waals surface area contributed by atoms with Crippen LogP contribution in [0.4, 0.5) is 21.0 Å². The fraction of sp³-hybridized carbons (Fsp3) is 0.444. The highest BCUT2D eigenvalue weighted by Crippen LogP contribution is 2.35. The Hall–Kier alpha value is -4.90. The lowest BCUT2D eigenvalue weighted by molar-refractivity contribution is -0.122. The molecule has 7 rings (SSSR count). The van der Waals surface area contributed by atoms with Crippen LogP contribution in [0.2, 0.25) is 0 Å². The van der Waals surface area contributed by atoms with E-state index in [9.17, 15) is 31.2 Å². The van der Waals surface area contributed by atoms with Crippen molar-refractivity contribution >= 4 is 58.8 Å². The molecule has 17 heteroatoms. The van der Waals surface area contributed by atoms with Crippen molar-refractivity contribution in [3.63, 3.8) is 0 Å². The Balaban J connectivity index is 0.000000211.